The standard InChI is InChI=1S/C22H32N4OS.C17H21N3O2S.BrH/c1-8-22(5,6)25-21(27)19-13-28-20(24-19)12-17-10-16(4)18(11-15(17)3)23-14-26(7)9-2;1-5-20(4)10-18-14-7-11(2)13(6-12(14)3)8-16-19-15(9-23-16)17(21)22;/h10-11,13-14H,8-9,12H2,1-7H3,(H,25,27);6-7,9-10H,5,8H2,1-4H3,(H,21,22);1H. The topological polar surface area (TPSA) is 123 Å². The number of halogens is 1. The highest BCUT2D eigenvalue weighted by molar-refractivity contribution is 8.93. The van der Waals surface area contributed by atoms with Crippen molar-refractivity contribution in [2.45, 2.75) is 87.1 Å². The Balaban J connectivity index is 0.000000360. The molecule has 2 aromatic carbocycles. The van der Waals surface area contributed by atoms with E-state index in [0.717, 1.165) is 69.6 Å². The van der Waals surface area contributed by atoms with Gasteiger partial charge in [-0.25, -0.2) is 24.7 Å². The Hall–Kier alpha value is -3.94. The van der Waals surface area contributed by atoms with Gasteiger partial charge >= 0.3 is 5.97 Å². The summed E-state index contributed by atoms with van der Waals surface area (Å²) in [5.74, 6) is -1.09. The number of nitrogens with zero attached hydrogens (tertiary/aromatic N) is 6. The Labute approximate surface area is 327 Å². The molecule has 0 saturated carbocycles. The molecule has 4 rings (SSSR count). The zero-order valence-electron chi connectivity index (χ0n) is 32.3. The van der Waals surface area contributed by atoms with E-state index in [1.807, 2.05) is 69.6 Å². The van der Waals surface area contributed by atoms with Crippen LogP contribution in [0.15, 0.2) is 45.0 Å². The van der Waals surface area contributed by atoms with E-state index in [1.54, 1.807) is 5.38 Å². The van der Waals surface area contributed by atoms with E-state index >= 15 is 0 Å². The smallest absolute Gasteiger partial charge is 0.355 e. The molecule has 0 spiro atoms. The highest BCUT2D eigenvalue weighted by Gasteiger charge is 2.21. The summed E-state index contributed by atoms with van der Waals surface area (Å²) < 4.78 is 0. The minimum Gasteiger partial charge on any atom is -0.476 e. The van der Waals surface area contributed by atoms with E-state index in [2.05, 4.69) is 84.2 Å². The van der Waals surface area contributed by atoms with Crippen LogP contribution in [-0.4, -0.2) is 82.2 Å². The van der Waals surface area contributed by atoms with Gasteiger partial charge in [0, 0.05) is 56.3 Å². The molecule has 10 nitrogen and oxygen atoms in total. The molecule has 2 heterocycles. The normalized spacial score (nSPS) is 11.3. The lowest BCUT2D eigenvalue weighted by Gasteiger charge is -2.23. The van der Waals surface area contributed by atoms with Gasteiger partial charge in [0.05, 0.1) is 34.1 Å². The molecule has 2 N–H and O–H groups in total. The fraction of sp³-hybridized carbons (Fsp3) is 0.436. The summed E-state index contributed by atoms with van der Waals surface area (Å²) >= 11 is 2.91. The number of thiazole rings is 2. The van der Waals surface area contributed by atoms with Crippen molar-refractivity contribution >= 4 is 75.6 Å². The average Bonchev–Trinajstić information content (AvgIpc) is 3.76. The maximum Gasteiger partial charge on any atom is 0.355 e. The first-order valence-corrected chi connectivity index (χ1v) is 18.9. The number of rotatable bonds is 14. The van der Waals surface area contributed by atoms with Crippen molar-refractivity contribution in [2.24, 2.45) is 9.98 Å². The summed E-state index contributed by atoms with van der Waals surface area (Å²) in [6, 6.07) is 8.47. The molecule has 0 bridgehead atoms. The van der Waals surface area contributed by atoms with E-state index in [4.69, 9.17) is 5.11 Å². The first kappa shape index (κ1) is 44.2. The van der Waals surface area contributed by atoms with Gasteiger partial charge < -0.3 is 20.2 Å². The fourth-order valence-electron chi connectivity index (χ4n) is 4.64. The molecule has 13 heteroatoms. The van der Waals surface area contributed by atoms with E-state index in [1.165, 1.54) is 33.8 Å². The predicted octanol–water partition coefficient (Wildman–Crippen LogP) is 9.12. The molecule has 52 heavy (non-hydrogen) atoms. The van der Waals surface area contributed by atoms with Gasteiger partial charge in [0.2, 0.25) is 0 Å². The van der Waals surface area contributed by atoms with Gasteiger partial charge in [-0.3, -0.25) is 4.79 Å². The zero-order chi connectivity index (χ0) is 37.9. The van der Waals surface area contributed by atoms with Crippen LogP contribution in [-0.2, 0) is 12.8 Å². The molecule has 0 aliphatic heterocycles. The number of hydrogen-bond donors (Lipinski definition) is 2. The lowest BCUT2D eigenvalue weighted by atomic mass is 10.0. The third kappa shape index (κ3) is 13.2. The molecule has 0 aliphatic carbocycles. The molecule has 282 valence electrons. The van der Waals surface area contributed by atoms with Crippen molar-refractivity contribution in [3.63, 3.8) is 0 Å². The Morgan fingerprint density at radius 1 is 0.769 bits per heavy atom. The highest BCUT2D eigenvalue weighted by Crippen LogP contribution is 2.27. The molecular formula is C39H54BrN7O3S2. The first-order valence-electron chi connectivity index (χ1n) is 17.2. The minimum atomic E-state index is -0.981. The molecule has 4 aromatic rings. The highest BCUT2D eigenvalue weighted by atomic mass is 79.9. The van der Waals surface area contributed by atoms with E-state index in [-0.39, 0.29) is 34.1 Å². The van der Waals surface area contributed by atoms with Crippen LogP contribution in [0.25, 0.3) is 0 Å². The predicted molar refractivity (Wildman–Crippen MR) is 224 cm³/mol. The second-order valence-corrected chi connectivity index (χ2v) is 15.3. The summed E-state index contributed by atoms with van der Waals surface area (Å²) in [6.45, 7) is 20.4. The number of aliphatic imine (C=N–C) groups is 2. The maximum absolute atomic E-state index is 12.4. The van der Waals surface area contributed by atoms with Crippen LogP contribution in [0.4, 0.5) is 11.4 Å². The number of aromatic nitrogens is 2. The van der Waals surface area contributed by atoms with Gasteiger partial charge in [0.25, 0.3) is 5.91 Å². The molecular weight excluding hydrogens is 759 g/mol. The van der Waals surface area contributed by atoms with Crippen molar-refractivity contribution in [1.29, 1.82) is 0 Å². The van der Waals surface area contributed by atoms with Crippen molar-refractivity contribution in [1.82, 2.24) is 25.1 Å². The van der Waals surface area contributed by atoms with Crippen LogP contribution >= 0.6 is 39.7 Å². The fourth-order valence-corrected chi connectivity index (χ4v) is 6.23. The molecule has 0 saturated heterocycles. The zero-order valence-corrected chi connectivity index (χ0v) is 35.7. The van der Waals surface area contributed by atoms with E-state index < -0.39 is 5.97 Å². The number of nitrogens with one attached hydrogen (secondary N) is 1. The molecule has 0 fully saturated rings. The second-order valence-electron chi connectivity index (χ2n) is 13.4. The number of carboxylic acids is 1. The molecule has 0 aliphatic rings. The first-order chi connectivity index (χ1) is 24.0. The molecule has 0 unspecified atom stereocenters. The molecule has 0 atom stereocenters. The number of aryl methyl sites for hydroxylation is 4. The summed E-state index contributed by atoms with van der Waals surface area (Å²) in [4.78, 5) is 45.2. The van der Waals surface area contributed by atoms with Gasteiger partial charge in [-0.2, -0.15) is 0 Å². The SMILES string of the molecule is Br.CCN(C)C=Nc1cc(C)c(Cc2nc(C(=O)NC(C)(C)CC)cs2)cc1C.CCN(C)C=Nc1cc(C)c(Cc2nc(C(=O)O)cs2)cc1C. The Morgan fingerprint density at radius 2 is 1.19 bits per heavy atom. The van der Waals surface area contributed by atoms with Crippen LogP contribution in [0.1, 0.15) is 105 Å². The second kappa shape index (κ2) is 20.3. The van der Waals surface area contributed by atoms with Crippen LogP contribution in [0.2, 0.25) is 0 Å². The quantitative estimate of drug-likeness (QED) is 0.0962. The summed E-state index contributed by atoms with van der Waals surface area (Å²) in [7, 11) is 4.00. The van der Waals surface area contributed by atoms with Gasteiger partial charge in [-0.05, 0) is 107 Å². The van der Waals surface area contributed by atoms with Crippen molar-refractivity contribution < 1.29 is 14.7 Å². The lowest BCUT2D eigenvalue weighted by molar-refractivity contribution is 0.0690. The number of carboxylic acid groups (broad SMARTS) is 1. The van der Waals surface area contributed by atoms with Crippen molar-refractivity contribution in [3.05, 3.63) is 89.8 Å². The average molecular weight is 813 g/mol. The number of carbonyl (C=O) groups excluding carboxylic acids is 1. The Kier molecular flexibility index (Phi) is 17.3. The van der Waals surface area contributed by atoms with Crippen LogP contribution in [0, 0.1) is 27.7 Å². The molecule has 1 amide bonds. The number of hydrogen-bond acceptors (Lipinski definition) is 8. The van der Waals surface area contributed by atoms with Gasteiger partial charge in [0.1, 0.15) is 5.69 Å². The van der Waals surface area contributed by atoms with E-state index in [9.17, 15) is 9.59 Å². The lowest BCUT2D eigenvalue weighted by Crippen LogP contribution is -2.42. The van der Waals surface area contributed by atoms with Gasteiger partial charge in [0.15, 0.2) is 5.69 Å². The molecule has 0 radical (unpaired) electrons. The van der Waals surface area contributed by atoms with E-state index in [0.29, 0.717) is 12.1 Å². The van der Waals surface area contributed by atoms with Gasteiger partial charge in [-0.1, -0.05) is 19.1 Å². The largest absolute Gasteiger partial charge is 0.476 e. The minimum absolute atomic E-state index is 0. The third-order valence-corrected chi connectivity index (χ3v) is 10.4. The van der Waals surface area contributed by atoms with Crippen LogP contribution in [0.5, 0.6) is 0 Å². The Morgan fingerprint density at radius 3 is 1.58 bits per heavy atom. The van der Waals surface area contributed by atoms with Crippen LogP contribution < -0.4 is 5.32 Å². The summed E-state index contributed by atoms with van der Waals surface area (Å²) in [5, 5.41) is 17.2. The van der Waals surface area contributed by atoms with Gasteiger partial charge in [-0.15, -0.1) is 39.7 Å². The van der Waals surface area contributed by atoms with Crippen molar-refractivity contribution in [3.8, 4) is 0 Å². The third-order valence-electron chi connectivity index (χ3n) is 8.67. The summed E-state index contributed by atoms with van der Waals surface area (Å²) in [6.07, 6.45) is 5.94. The maximum atomic E-state index is 12.4. The van der Waals surface area contributed by atoms with Crippen molar-refractivity contribution in [2.75, 3.05) is 27.2 Å². The number of amides is 1. The van der Waals surface area contributed by atoms with Crippen LogP contribution in [0.3, 0.4) is 0 Å². The molecule has 2 aromatic heterocycles. The Bertz CT molecular complexity index is 1870. The number of carbonyl (C=O) groups is 2. The number of aromatic carboxylic acids is 1. The number of benzene rings is 2. The summed E-state index contributed by atoms with van der Waals surface area (Å²) in [5.41, 5.74) is 9.26. The monoisotopic (exact) mass is 811 g/mol.